The molecule has 104 valence electrons. The number of amides is 1. The van der Waals surface area contributed by atoms with Gasteiger partial charge in [-0.15, -0.1) is 0 Å². The third-order valence-corrected chi connectivity index (χ3v) is 5.17. The summed E-state index contributed by atoms with van der Waals surface area (Å²) in [5, 5.41) is 3.07. The van der Waals surface area contributed by atoms with Crippen molar-refractivity contribution in [2.45, 2.75) is 43.9 Å². The largest absolute Gasteiger partial charge is 0.352 e. The summed E-state index contributed by atoms with van der Waals surface area (Å²) < 4.78 is 0. The average molecular weight is 324 g/mol. The van der Waals surface area contributed by atoms with Gasteiger partial charge in [-0.2, -0.15) is 0 Å². The zero-order valence-corrected chi connectivity index (χ0v) is 13.1. The molecule has 0 aromatic heterocycles. The van der Waals surface area contributed by atoms with E-state index in [0.717, 1.165) is 18.5 Å². The molecule has 2 nitrogen and oxygen atoms in total. The Kier molecular flexibility index (Phi) is 5.44. The summed E-state index contributed by atoms with van der Waals surface area (Å²) >= 11 is 3.73. The number of carbonyl (C=O) groups is 1. The number of aryl methyl sites for hydroxylation is 1. The molecule has 1 aromatic rings. The Morgan fingerprint density at radius 1 is 1.26 bits per heavy atom. The van der Waals surface area contributed by atoms with Crippen LogP contribution in [0.2, 0.25) is 0 Å². The second-order valence-corrected chi connectivity index (χ2v) is 6.50. The zero-order chi connectivity index (χ0) is 13.7. The summed E-state index contributed by atoms with van der Waals surface area (Å²) in [4.78, 5) is 12.6. The van der Waals surface area contributed by atoms with Gasteiger partial charge in [-0.25, -0.2) is 0 Å². The summed E-state index contributed by atoms with van der Waals surface area (Å²) in [7, 11) is 0. The molecule has 1 N–H and O–H groups in total. The Morgan fingerprint density at radius 2 is 1.95 bits per heavy atom. The van der Waals surface area contributed by atoms with Gasteiger partial charge in [-0.05, 0) is 42.9 Å². The van der Waals surface area contributed by atoms with Crippen molar-refractivity contribution in [3.05, 3.63) is 35.4 Å². The van der Waals surface area contributed by atoms with Crippen molar-refractivity contribution in [2.75, 3.05) is 6.54 Å². The standard InChI is InChI=1S/C16H22BrNO/c1-2-12-7-9-13(10-8-12)16(19)18-11-14-5-3-4-6-15(14)17/h7-10,14-15H,2-6,11H2,1H3,(H,18,19). The molecule has 2 atom stereocenters. The third kappa shape index (κ3) is 4.07. The number of halogens is 1. The van der Waals surface area contributed by atoms with Gasteiger partial charge in [0.05, 0.1) is 0 Å². The van der Waals surface area contributed by atoms with E-state index >= 15 is 0 Å². The average Bonchev–Trinajstić information content (AvgIpc) is 2.46. The van der Waals surface area contributed by atoms with Crippen LogP contribution in [0, 0.1) is 5.92 Å². The lowest BCUT2D eigenvalue weighted by Gasteiger charge is -2.27. The van der Waals surface area contributed by atoms with Crippen LogP contribution in [0.25, 0.3) is 0 Å². The molecule has 1 amide bonds. The molecule has 0 heterocycles. The molecule has 0 saturated heterocycles. The van der Waals surface area contributed by atoms with E-state index in [9.17, 15) is 4.79 Å². The first-order valence-electron chi connectivity index (χ1n) is 7.22. The Labute approximate surface area is 124 Å². The van der Waals surface area contributed by atoms with Crippen molar-refractivity contribution < 1.29 is 4.79 Å². The SMILES string of the molecule is CCc1ccc(C(=O)NCC2CCCCC2Br)cc1. The lowest BCUT2D eigenvalue weighted by atomic mass is 9.89. The summed E-state index contributed by atoms with van der Waals surface area (Å²) in [6, 6.07) is 7.90. The van der Waals surface area contributed by atoms with E-state index in [1.54, 1.807) is 0 Å². The van der Waals surface area contributed by atoms with Gasteiger partial charge in [-0.3, -0.25) is 4.79 Å². The van der Waals surface area contributed by atoms with E-state index in [0.29, 0.717) is 10.7 Å². The van der Waals surface area contributed by atoms with Crippen molar-refractivity contribution in [1.82, 2.24) is 5.32 Å². The van der Waals surface area contributed by atoms with Gasteiger partial charge in [0.15, 0.2) is 0 Å². The first kappa shape index (κ1) is 14.6. The van der Waals surface area contributed by atoms with Crippen molar-refractivity contribution >= 4 is 21.8 Å². The minimum Gasteiger partial charge on any atom is -0.352 e. The second kappa shape index (κ2) is 7.09. The monoisotopic (exact) mass is 323 g/mol. The Bertz CT molecular complexity index is 415. The van der Waals surface area contributed by atoms with Crippen LogP contribution in [0.5, 0.6) is 0 Å². The van der Waals surface area contributed by atoms with Gasteiger partial charge in [0, 0.05) is 16.9 Å². The minimum atomic E-state index is 0.0490. The highest BCUT2D eigenvalue weighted by atomic mass is 79.9. The summed E-state index contributed by atoms with van der Waals surface area (Å²) in [6.45, 7) is 2.90. The van der Waals surface area contributed by atoms with Crippen molar-refractivity contribution in [3.63, 3.8) is 0 Å². The summed E-state index contributed by atoms with van der Waals surface area (Å²) in [5.41, 5.74) is 2.03. The Balaban J connectivity index is 1.86. The Morgan fingerprint density at radius 3 is 2.58 bits per heavy atom. The van der Waals surface area contributed by atoms with E-state index in [1.807, 2.05) is 24.3 Å². The highest BCUT2D eigenvalue weighted by molar-refractivity contribution is 9.09. The topological polar surface area (TPSA) is 29.1 Å². The van der Waals surface area contributed by atoms with Crippen LogP contribution in [0.4, 0.5) is 0 Å². The predicted octanol–water partition coefficient (Wildman–Crippen LogP) is 3.93. The van der Waals surface area contributed by atoms with E-state index in [-0.39, 0.29) is 5.91 Å². The molecule has 1 aliphatic carbocycles. The molecule has 0 bridgehead atoms. The maximum absolute atomic E-state index is 12.1. The number of alkyl halides is 1. The molecule has 1 aliphatic rings. The van der Waals surface area contributed by atoms with Crippen LogP contribution in [0.1, 0.15) is 48.5 Å². The molecule has 3 heteroatoms. The number of carbonyl (C=O) groups excluding carboxylic acids is 1. The first-order valence-corrected chi connectivity index (χ1v) is 8.13. The van der Waals surface area contributed by atoms with Gasteiger partial charge in [0.2, 0.25) is 0 Å². The normalized spacial score (nSPS) is 23.1. The quantitative estimate of drug-likeness (QED) is 0.835. The smallest absolute Gasteiger partial charge is 0.251 e. The lowest BCUT2D eigenvalue weighted by Crippen LogP contribution is -2.34. The van der Waals surface area contributed by atoms with E-state index in [4.69, 9.17) is 0 Å². The second-order valence-electron chi connectivity index (χ2n) is 5.32. The number of nitrogens with one attached hydrogen (secondary N) is 1. The number of rotatable bonds is 4. The van der Waals surface area contributed by atoms with Crippen LogP contribution in [-0.4, -0.2) is 17.3 Å². The molecule has 1 saturated carbocycles. The molecular formula is C16H22BrNO. The maximum atomic E-state index is 12.1. The molecule has 1 fully saturated rings. The predicted molar refractivity (Wildman–Crippen MR) is 82.8 cm³/mol. The highest BCUT2D eigenvalue weighted by Gasteiger charge is 2.23. The molecule has 19 heavy (non-hydrogen) atoms. The zero-order valence-electron chi connectivity index (χ0n) is 11.5. The molecule has 0 radical (unpaired) electrons. The molecule has 0 spiro atoms. The Hall–Kier alpha value is -0.830. The van der Waals surface area contributed by atoms with Crippen molar-refractivity contribution in [3.8, 4) is 0 Å². The molecular weight excluding hydrogens is 302 g/mol. The minimum absolute atomic E-state index is 0.0490. The van der Waals surface area contributed by atoms with Gasteiger partial charge in [0.1, 0.15) is 0 Å². The van der Waals surface area contributed by atoms with Gasteiger partial charge < -0.3 is 5.32 Å². The molecule has 2 rings (SSSR count). The summed E-state index contributed by atoms with van der Waals surface area (Å²) in [5.74, 6) is 0.626. The van der Waals surface area contributed by atoms with Gasteiger partial charge in [-0.1, -0.05) is 47.8 Å². The molecule has 1 aromatic carbocycles. The fourth-order valence-corrected chi connectivity index (χ4v) is 3.39. The van der Waals surface area contributed by atoms with E-state index in [1.165, 1.54) is 31.2 Å². The van der Waals surface area contributed by atoms with E-state index in [2.05, 4.69) is 28.2 Å². The number of hydrogen-bond donors (Lipinski definition) is 1. The van der Waals surface area contributed by atoms with Crippen LogP contribution in [0.15, 0.2) is 24.3 Å². The van der Waals surface area contributed by atoms with E-state index < -0.39 is 0 Å². The van der Waals surface area contributed by atoms with Crippen molar-refractivity contribution in [2.24, 2.45) is 5.92 Å². The van der Waals surface area contributed by atoms with Crippen LogP contribution >= 0.6 is 15.9 Å². The third-order valence-electron chi connectivity index (χ3n) is 3.97. The van der Waals surface area contributed by atoms with Gasteiger partial charge >= 0.3 is 0 Å². The maximum Gasteiger partial charge on any atom is 0.251 e. The molecule has 2 unspecified atom stereocenters. The fourth-order valence-electron chi connectivity index (χ4n) is 2.61. The number of hydrogen-bond acceptors (Lipinski definition) is 1. The van der Waals surface area contributed by atoms with Crippen molar-refractivity contribution in [1.29, 1.82) is 0 Å². The summed E-state index contributed by atoms with van der Waals surface area (Å²) in [6.07, 6.45) is 6.04. The lowest BCUT2D eigenvalue weighted by molar-refractivity contribution is 0.0944. The van der Waals surface area contributed by atoms with Crippen LogP contribution < -0.4 is 5.32 Å². The fraction of sp³-hybridized carbons (Fsp3) is 0.562. The van der Waals surface area contributed by atoms with Crippen LogP contribution in [-0.2, 0) is 6.42 Å². The number of benzene rings is 1. The molecule has 0 aliphatic heterocycles. The van der Waals surface area contributed by atoms with Gasteiger partial charge in [0.25, 0.3) is 5.91 Å². The highest BCUT2D eigenvalue weighted by Crippen LogP contribution is 2.29. The van der Waals surface area contributed by atoms with Crippen LogP contribution in [0.3, 0.4) is 0 Å². The first-order chi connectivity index (χ1) is 9.20.